The van der Waals surface area contributed by atoms with Gasteiger partial charge in [0.1, 0.15) is 5.82 Å². The molecule has 0 bridgehead atoms. The highest BCUT2D eigenvalue weighted by Gasteiger charge is 2.15. The molecule has 0 amide bonds. The molecule has 0 saturated carbocycles. The second-order valence-electron chi connectivity index (χ2n) is 5.12. The Kier molecular flexibility index (Phi) is 4.79. The summed E-state index contributed by atoms with van der Waals surface area (Å²) in [6.45, 7) is 4.18. The summed E-state index contributed by atoms with van der Waals surface area (Å²) in [5, 5.41) is 3.51. The molecule has 1 nitrogen and oxygen atoms in total. The van der Waals surface area contributed by atoms with E-state index < -0.39 is 0 Å². The predicted molar refractivity (Wildman–Crippen MR) is 82.8 cm³/mol. The van der Waals surface area contributed by atoms with E-state index >= 15 is 0 Å². The van der Waals surface area contributed by atoms with Crippen molar-refractivity contribution < 1.29 is 4.39 Å². The summed E-state index contributed by atoms with van der Waals surface area (Å²) in [7, 11) is 1.91. The van der Waals surface area contributed by atoms with Crippen molar-refractivity contribution in [3.63, 3.8) is 0 Å². The molecule has 2 aromatic rings. The largest absolute Gasteiger partial charge is 0.313 e. The van der Waals surface area contributed by atoms with Crippen molar-refractivity contribution in [2.45, 2.75) is 26.3 Å². The first-order valence-electron chi connectivity index (χ1n) is 6.70. The van der Waals surface area contributed by atoms with Gasteiger partial charge in [0.25, 0.3) is 0 Å². The van der Waals surface area contributed by atoms with Gasteiger partial charge in [-0.15, -0.1) is 0 Å². The summed E-state index contributed by atoms with van der Waals surface area (Å²) < 4.78 is 13.5. The number of benzene rings is 2. The molecule has 0 heterocycles. The summed E-state index contributed by atoms with van der Waals surface area (Å²) in [4.78, 5) is 0. The number of likely N-dealkylation sites (N-methyl/N-ethyl adjacent to an activating group) is 1. The van der Waals surface area contributed by atoms with Gasteiger partial charge in [-0.25, -0.2) is 4.39 Å². The fourth-order valence-corrected chi connectivity index (χ4v) is 2.71. The minimum absolute atomic E-state index is 0.120. The highest BCUT2D eigenvalue weighted by atomic mass is 35.5. The van der Waals surface area contributed by atoms with Crippen LogP contribution in [0.1, 0.15) is 28.3 Å². The van der Waals surface area contributed by atoms with E-state index in [4.69, 9.17) is 11.6 Å². The van der Waals surface area contributed by atoms with Gasteiger partial charge >= 0.3 is 0 Å². The molecule has 2 rings (SSSR count). The Morgan fingerprint density at radius 1 is 1.20 bits per heavy atom. The van der Waals surface area contributed by atoms with Crippen molar-refractivity contribution in [1.82, 2.24) is 5.32 Å². The van der Waals surface area contributed by atoms with Crippen LogP contribution in [0.4, 0.5) is 4.39 Å². The van der Waals surface area contributed by atoms with E-state index in [1.807, 2.05) is 13.1 Å². The lowest BCUT2D eigenvalue weighted by Crippen LogP contribution is -2.20. The Hall–Kier alpha value is -1.38. The maximum Gasteiger partial charge on any atom is 0.142 e. The van der Waals surface area contributed by atoms with E-state index in [0.29, 0.717) is 6.42 Å². The number of nitrogens with one attached hydrogen (secondary N) is 1. The Balaban J connectivity index is 2.31. The first-order valence-corrected chi connectivity index (χ1v) is 7.08. The maximum absolute atomic E-state index is 13.5. The van der Waals surface area contributed by atoms with Crippen LogP contribution in [0.3, 0.4) is 0 Å². The predicted octanol–water partition coefficient (Wildman–Crippen LogP) is 4.60. The van der Waals surface area contributed by atoms with Gasteiger partial charge in [-0.05, 0) is 50.1 Å². The lowest BCUT2D eigenvalue weighted by atomic mass is 9.94. The van der Waals surface area contributed by atoms with Gasteiger partial charge in [0.15, 0.2) is 0 Å². The minimum atomic E-state index is -0.361. The number of hydrogen-bond acceptors (Lipinski definition) is 1. The first kappa shape index (κ1) is 15.0. The smallest absolute Gasteiger partial charge is 0.142 e. The van der Waals surface area contributed by atoms with Gasteiger partial charge in [0.05, 0.1) is 5.02 Å². The van der Waals surface area contributed by atoms with E-state index in [2.05, 4.69) is 37.4 Å². The molecular formula is C17H19ClFN. The van der Waals surface area contributed by atoms with Crippen molar-refractivity contribution in [2.24, 2.45) is 0 Å². The molecule has 0 saturated heterocycles. The molecule has 2 aromatic carbocycles. The average Bonchev–Trinajstić information content (AvgIpc) is 2.41. The summed E-state index contributed by atoms with van der Waals surface area (Å²) in [6, 6.07) is 11.5. The van der Waals surface area contributed by atoms with Crippen LogP contribution in [0.5, 0.6) is 0 Å². The summed E-state index contributed by atoms with van der Waals surface area (Å²) in [5.74, 6) is -0.361. The Bertz CT molecular complexity index is 610. The molecule has 0 aliphatic rings. The molecule has 1 N–H and O–H groups in total. The van der Waals surface area contributed by atoms with Crippen LogP contribution in [0.2, 0.25) is 5.02 Å². The number of hydrogen-bond donors (Lipinski definition) is 1. The molecule has 1 unspecified atom stereocenters. The summed E-state index contributed by atoms with van der Waals surface area (Å²) in [5.41, 5.74) is 4.52. The zero-order valence-electron chi connectivity index (χ0n) is 12.0. The minimum Gasteiger partial charge on any atom is -0.313 e. The number of rotatable bonds is 4. The van der Waals surface area contributed by atoms with E-state index in [1.165, 1.54) is 22.8 Å². The lowest BCUT2D eigenvalue weighted by Gasteiger charge is -2.20. The SMILES string of the molecule is CNC(Cc1cccc(F)c1Cl)c1ccc(C)cc1C. The highest BCUT2D eigenvalue weighted by Crippen LogP contribution is 2.27. The quantitative estimate of drug-likeness (QED) is 0.868. The molecule has 0 fully saturated rings. The molecule has 0 aromatic heterocycles. The van der Waals surface area contributed by atoms with Crippen molar-refractivity contribution >= 4 is 11.6 Å². The Morgan fingerprint density at radius 2 is 1.95 bits per heavy atom. The second kappa shape index (κ2) is 6.38. The van der Waals surface area contributed by atoms with E-state index in [-0.39, 0.29) is 16.9 Å². The monoisotopic (exact) mass is 291 g/mol. The van der Waals surface area contributed by atoms with Crippen molar-refractivity contribution in [3.05, 3.63) is 69.5 Å². The zero-order valence-corrected chi connectivity index (χ0v) is 12.8. The van der Waals surface area contributed by atoms with Crippen LogP contribution < -0.4 is 5.32 Å². The summed E-state index contributed by atoms with van der Waals surface area (Å²) >= 11 is 6.04. The molecule has 0 aliphatic carbocycles. The van der Waals surface area contributed by atoms with Crippen LogP contribution in [0.15, 0.2) is 36.4 Å². The van der Waals surface area contributed by atoms with Gasteiger partial charge in [0, 0.05) is 6.04 Å². The highest BCUT2D eigenvalue weighted by molar-refractivity contribution is 6.31. The first-order chi connectivity index (χ1) is 9.52. The van der Waals surface area contributed by atoms with Crippen LogP contribution >= 0.6 is 11.6 Å². The standard InChI is InChI=1S/C17H19ClFN/c1-11-7-8-14(12(2)9-11)16(20-3)10-13-5-4-6-15(19)17(13)18/h4-9,16,20H,10H2,1-3H3. The fraction of sp³-hybridized carbons (Fsp3) is 0.294. The third-order valence-electron chi connectivity index (χ3n) is 3.60. The third-order valence-corrected chi connectivity index (χ3v) is 4.03. The molecule has 1 atom stereocenters. The van der Waals surface area contributed by atoms with Crippen molar-refractivity contribution in [2.75, 3.05) is 7.05 Å². The molecule has 0 spiro atoms. The molecule has 106 valence electrons. The average molecular weight is 292 g/mol. The van der Waals surface area contributed by atoms with Gasteiger partial charge < -0.3 is 5.32 Å². The van der Waals surface area contributed by atoms with Gasteiger partial charge in [0.2, 0.25) is 0 Å². The lowest BCUT2D eigenvalue weighted by molar-refractivity contribution is 0.582. The van der Waals surface area contributed by atoms with E-state index in [0.717, 1.165) is 5.56 Å². The number of halogens is 2. The topological polar surface area (TPSA) is 12.0 Å². The van der Waals surface area contributed by atoms with Crippen molar-refractivity contribution in [1.29, 1.82) is 0 Å². The molecule has 0 aliphatic heterocycles. The van der Waals surface area contributed by atoms with Crippen LogP contribution in [-0.4, -0.2) is 7.05 Å². The molecule has 20 heavy (non-hydrogen) atoms. The Morgan fingerprint density at radius 3 is 2.60 bits per heavy atom. The van der Waals surface area contributed by atoms with Crippen LogP contribution in [0.25, 0.3) is 0 Å². The number of aryl methyl sites for hydroxylation is 2. The van der Waals surface area contributed by atoms with Crippen LogP contribution in [0, 0.1) is 19.7 Å². The fourth-order valence-electron chi connectivity index (χ4n) is 2.51. The normalized spacial score (nSPS) is 12.4. The third kappa shape index (κ3) is 3.20. The zero-order chi connectivity index (χ0) is 14.7. The van der Waals surface area contributed by atoms with Crippen molar-refractivity contribution in [3.8, 4) is 0 Å². The van der Waals surface area contributed by atoms with E-state index in [1.54, 1.807) is 6.07 Å². The maximum atomic E-state index is 13.5. The summed E-state index contributed by atoms with van der Waals surface area (Å²) in [6.07, 6.45) is 0.664. The van der Waals surface area contributed by atoms with Gasteiger partial charge in [-0.1, -0.05) is 47.5 Å². The molecule has 0 radical (unpaired) electrons. The molecular weight excluding hydrogens is 273 g/mol. The molecule has 3 heteroatoms. The second-order valence-corrected chi connectivity index (χ2v) is 5.50. The van der Waals surface area contributed by atoms with Crippen LogP contribution in [-0.2, 0) is 6.42 Å². The Labute approximate surface area is 124 Å². The van der Waals surface area contributed by atoms with Gasteiger partial charge in [-0.3, -0.25) is 0 Å². The van der Waals surface area contributed by atoms with E-state index in [9.17, 15) is 4.39 Å². The van der Waals surface area contributed by atoms with Gasteiger partial charge in [-0.2, -0.15) is 0 Å².